The average molecular weight is 415 g/mol. The molecule has 0 unspecified atom stereocenters. The van der Waals surface area contributed by atoms with Gasteiger partial charge < -0.3 is 14.8 Å². The molecule has 0 atom stereocenters. The topological polar surface area (TPSA) is 50.4 Å². The van der Waals surface area contributed by atoms with E-state index in [1.54, 1.807) is 13.2 Å². The van der Waals surface area contributed by atoms with E-state index in [0.717, 1.165) is 28.2 Å². The minimum Gasteiger partial charge on any atom is -0.352 e. The Balaban J connectivity index is 1.69. The highest BCUT2D eigenvalue weighted by Gasteiger charge is 2.11. The number of rotatable bonds is 5. The summed E-state index contributed by atoms with van der Waals surface area (Å²) >= 11 is 3.52. The van der Waals surface area contributed by atoms with Gasteiger partial charge >= 0.3 is 0 Å². The van der Waals surface area contributed by atoms with Gasteiger partial charge in [0.25, 0.3) is 0 Å². The zero-order valence-corrected chi connectivity index (χ0v) is 16.8. The van der Waals surface area contributed by atoms with Crippen LogP contribution in [-0.4, -0.2) is 39.3 Å². The fourth-order valence-corrected chi connectivity index (χ4v) is 3.47. The van der Waals surface area contributed by atoms with Crippen molar-refractivity contribution < 1.29 is 0 Å². The van der Waals surface area contributed by atoms with E-state index in [0.29, 0.717) is 6.54 Å². The standard InChI is InChI=1S/C19H23BrN6/c1-21-19(25(3)14-17-11-16(20)13-24(17)2)22-12-15-7-4-5-8-18(15)26-10-6-9-23-26/h4-11,13H,12,14H2,1-3H3,(H,21,22). The second-order valence-corrected chi connectivity index (χ2v) is 7.01. The number of guanidine groups is 1. The van der Waals surface area contributed by atoms with E-state index in [4.69, 9.17) is 0 Å². The molecule has 0 bridgehead atoms. The zero-order valence-electron chi connectivity index (χ0n) is 15.2. The van der Waals surface area contributed by atoms with Crippen LogP contribution < -0.4 is 5.32 Å². The molecule has 0 aliphatic carbocycles. The van der Waals surface area contributed by atoms with Crippen LogP contribution in [0.3, 0.4) is 0 Å². The van der Waals surface area contributed by atoms with Gasteiger partial charge in [0.05, 0.1) is 12.2 Å². The van der Waals surface area contributed by atoms with Crippen LogP contribution in [0.15, 0.2) is 64.5 Å². The highest BCUT2D eigenvalue weighted by atomic mass is 79.9. The largest absolute Gasteiger partial charge is 0.352 e. The molecule has 6 nitrogen and oxygen atoms in total. The molecule has 26 heavy (non-hydrogen) atoms. The van der Waals surface area contributed by atoms with Crippen LogP contribution in [0.2, 0.25) is 0 Å². The van der Waals surface area contributed by atoms with Crippen LogP contribution in [0.4, 0.5) is 0 Å². The van der Waals surface area contributed by atoms with E-state index >= 15 is 0 Å². The summed E-state index contributed by atoms with van der Waals surface area (Å²) in [4.78, 5) is 6.53. The molecule has 0 amide bonds. The Bertz CT molecular complexity index is 881. The lowest BCUT2D eigenvalue weighted by Gasteiger charge is -2.23. The van der Waals surface area contributed by atoms with Crippen LogP contribution >= 0.6 is 15.9 Å². The molecule has 0 aliphatic heterocycles. The first kappa shape index (κ1) is 18.3. The smallest absolute Gasteiger partial charge is 0.194 e. The Kier molecular flexibility index (Phi) is 5.78. The number of para-hydroxylation sites is 1. The number of aryl methyl sites for hydroxylation is 1. The van der Waals surface area contributed by atoms with E-state index in [-0.39, 0.29) is 0 Å². The first-order valence-corrected chi connectivity index (χ1v) is 9.18. The maximum absolute atomic E-state index is 4.42. The molecule has 2 aromatic heterocycles. The number of hydrogen-bond donors (Lipinski definition) is 1. The van der Waals surface area contributed by atoms with Gasteiger partial charge in [-0.05, 0) is 39.7 Å². The molecule has 3 rings (SSSR count). The summed E-state index contributed by atoms with van der Waals surface area (Å²) in [6.07, 6.45) is 5.79. The summed E-state index contributed by atoms with van der Waals surface area (Å²) < 4.78 is 5.07. The van der Waals surface area contributed by atoms with Crippen molar-refractivity contribution in [3.05, 3.63) is 70.7 Å². The van der Waals surface area contributed by atoms with Gasteiger partial charge in [0.15, 0.2) is 5.96 Å². The Labute approximate surface area is 162 Å². The van der Waals surface area contributed by atoms with Crippen molar-refractivity contribution in [1.82, 2.24) is 24.6 Å². The summed E-state index contributed by atoms with van der Waals surface area (Å²) in [7, 11) is 5.89. The summed E-state index contributed by atoms with van der Waals surface area (Å²) in [5.74, 6) is 0.845. The third-order valence-electron chi connectivity index (χ3n) is 4.23. The lowest BCUT2D eigenvalue weighted by molar-refractivity contribution is 0.461. The Hall–Kier alpha value is -2.54. The monoisotopic (exact) mass is 414 g/mol. The quantitative estimate of drug-likeness (QED) is 0.515. The van der Waals surface area contributed by atoms with Crippen molar-refractivity contribution in [3.63, 3.8) is 0 Å². The molecule has 136 valence electrons. The second kappa shape index (κ2) is 8.23. The van der Waals surface area contributed by atoms with E-state index in [9.17, 15) is 0 Å². The Morgan fingerprint density at radius 3 is 2.77 bits per heavy atom. The number of halogens is 1. The lowest BCUT2D eigenvalue weighted by atomic mass is 10.2. The third-order valence-corrected chi connectivity index (χ3v) is 4.66. The third kappa shape index (κ3) is 4.16. The number of aromatic nitrogens is 3. The first-order chi connectivity index (χ1) is 12.6. The van der Waals surface area contributed by atoms with E-state index < -0.39 is 0 Å². The SMILES string of the molecule is CN=C(NCc1ccccc1-n1cccn1)N(C)Cc1cc(Br)cn1C. The molecule has 2 heterocycles. The molecule has 3 aromatic rings. The Morgan fingerprint density at radius 1 is 1.31 bits per heavy atom. The molecule has 0 saturated carbocycles. The van der Waals surface area contributed by atoms with Crippen LogP contribution in [0, 0.1) is 0 Å². The van der Waals surface area contributed by atoms with Crippen LogP contribution in [0.1, 0.15) is 11.3 Å². The highest BCUT2D eigenvalue weighted by Crippen LogP contribution is 2.16. The van der Waals surface area contributed by atoms with E-state index in [2.05, 4.69) is 65.2 Å². The first-order valence-electron chi connectivity index (χ1n) is 8.39. The highest BCUT2D eigenvalue weighted by molar-refractivity contribution is 9.10. The fraction of sp³-hybridized carbons (Fsp3) is 0.263. The van der Waals surface area contributed by atoms with Crippen molar-refractivity contribution in [3.8, 4) is 5.69 Å². The van der Waals surface area contributed by atoms with E-state index in [1.165, 1.54) is 5.69 Å². The number of benzene rings is 1. The predicted octanol–water partition coefficient (Wildman–Crippen LogP) is 3.18. The van der Waals surface area contributed by atoms with E-state index in [1.807, 2.05) is 43.2 Å². The molecule has 7 heteroatoms. The molecular formula is C19H23BrN6. The van der Waals surface area contributed by atoms with Gasteiger partial charge in [-0.15, -0.1) is 0 Å². The molecule has 0 aliphatic rings. The maximum Gasteiger partial charge on any atom is 0.194 e. The van der Waals surface area contributed by atoms with Crippen molar-refractivity contribution in [2.24, 2.45) is 12.0 Å². The molecular weight excluding hydrogens is 392 g/mol. The van der Waals surface area contributed by atoms with Gasteiger partial charge in [0.1, 0.15) is 0 Å². The van der Waals surface area contributed by atoms with Crippen molar-refractivity contribution >= 4 is 21.9 Å². The second-order valence-electron chi connectivity index (χ2n) is 6.10. The van der Waals surface area contributed by atoms with Gasteiger partial charge in [0, 0.05) is 56.4 Å². The fourth-order valence-electron chi connectivity index (χ4n) is 2.90. The molecule has 0 saturated heterocycles. The minimum atomic E-state index is 0.671. The molecule has 0 fully saturated rings. The van der Waals surface area contributed by atoms with Crippen molar-refractivity contribution in [2.45, 2.75) is 13.1 Å². The molecule has 0 spiro atoms. The Morgan fingerprint density at radius 2 is 2.12 bits per heavy atom. The number of nitrogens with one attached hydrogen (secondary N) is 1. The normalized spacial score (nSPS) is 11.6. The number of nitrogens with zero attached hydrogens (tertiary/aromatic N) is 5. The van der Waals surface area contributed by atoms with Gasteiger partial charge in [-0.1, -0.05) is 18.2 Å². The average Bonchev–Trinajstić information content (AvgIpc) is 3.26. The molecule has 1 aromatic carbocycles. The van der Waals surface area contributed by atoms with Gasteiger partial charge in [-0.3, -0.25) is 4.99 Å². The van der Waals surface area contributed by atoms with Crippen LogP contribution in [-0.2, 0) is 20.1 Å². The van der Waals surface area contributed by atoms with Gasteiger partial charge in [-0.25, -0.2) is 4.68 Å². The summed E-state index contributed by atoms with van der Waals surface area (Å²) in [6, 6.07) is 12.3. The minimum absolute atomic E-state index is 0.671. The zero-order chi connectivity index (χ0) is 18.5. The van der Waals surface area contributed by atoms with Gasteiger partial charge in [-0.2, -0.15) is 5.10 Å². The molecule has 1 N–H and O–H groups in total. The van der Waals surface area contributed by atoms with Gasteiger partial charge in [0.2, 0.25) is 0 Å². The molecule has 0 radical (unpaired) electrons. The van der Waals surface area contributed by atoms with Crippen molar-refractivity contribution in [1.29, 1.82) is 0 Å². The van der Waals surface area contributed by atoms with Crippen LogP contribution in [0.5, 0.6) is 0 Å². The summed E-state index contributed by atoms with van der Waals surface area (Å²) in [5, 5.41) is 7.79. The summed E-state index contributed by atoms with van der Waals surface area (Å²) in [5.41, 5.74) is 3.43. The number of aliphatic imine (C=N–C) groups is 1. The predicted molar refractivity (Wildman–Crippen MR) is 108 cm³/mol. The lowest BCUT2D eigenvalue weighted by Crippen LogP contribution is -2.38. The van der Waals surface area contributed by atoms with Crippen molar-refractivity contribution in [2.75, 3.05) is 14.1 Å². The summed E-state index contributed by atoms with van der Waals surface area (Å²) in [6.45, 7) is 1.44. The number of hydrogen-bond acceptors (Lipinski definition) is 2. The van der Waals surface area contributed by atoms with Crippen LogP contribution in [0.25, 0.3) is 5.69 Å². The maximum atomic E-state index is 4.42.